The highest BCUT2D eigenvalue weighted by molar-refractivity contribution is 4.90. The maximum atomic E-state index is 10.3. The van der Waals surface area contributed by atoms with Gasteiger partial charge < -0.3 is 24.1 Å². The van der Waals surface area contributed by atoms with Gasteiger partial charge in [-0.05, 0) is 25.7 Å². The molecule has 4 atom stereocenters. The van der Waals surface area contributed by atoms with Crippen molar-refractivity contribution in [3.63, 3.8) is 0 Å². The van der Waals surface area contributed by atoms with Crippen LogP contribution in [0.15, 0.2) is 0 Å². The van der Waals surface area contributed by atoms with E-state index < -0.39 is 18.5 Å². The molecule has 5 nitrogen and oxygen atoms in total. The Balaban J connectivity index is 2.68. The molecule has 1 rings (SSSR count). The van der Waals surface area contributed by atoms with Crippen LogP contribution in [0.25, 0.3) is 0 Å². The van der Waals surface area contributed by atoms with Crippen LogP contribution < -0.4 is 0 Å². The zero-order chi connectivity index (χ0) is 15.6. The molecule has 0 aromatic rings. The molecule has 0 bridgehead atoms. The molecule has 0 radical (unpaired) electrons. The third kappa shape index (κ3) is 4.97. The Bertz CT molecular complexity index is 297. The van der Waals surface area contributed by atoms with E-state index in [2.05, 4.69) is 20.8 Å². The van der Waals surface area contributed by atoms with Crippen LogP contribution in [-0.2, 0) is 18.9 Å². The topological polar surface area (TPSA) is 57.2 Å². The number of hydrogen-bond acceptors (Lipinski definition) is 5. The molecule has 120 valence electrons. The number of methoxy groups -OCH3 is 2. The van der Waals surface area contributed by atoms with Gasteiger partial charge in [0.15, 0.2) is 6.29 Å². The Morgan fingerprint density at radius 3 is 2.15 bits per heavy atom. The number of hydrogen-bond donors (Lipinski definition) is 1. The lowest BCUT2D eigenvalue weighted by Crippen LogP contribution is -2.41. The maximum Gasteiger partial charge on any atom is 0.187 e. The lowest BCUT2D eigenvalue weighted by atomic mass is 9.83. The summed E-state index contributed by atoms with van der Waals surface area (Å²) in [7, 11) is 3.16. The summed E-state index contributed by atoms with van der Waals surface area (Å²) in [5.74, 6) is 0. The molecule has 0 aromatic heterocycles. The zero-order valence-corrected chi connectivity index (χ0v) is 13.8. The molecule has 1 heterocycles. The lowest BCUT2D eigenvalue weighted by Gasteiger charge is -2.35. The van der Waals surface area contributed by atoms with E-state index in [4.69, 9.17) is 18.9 Å². The normalized spacial score (nSPS) is 31.8. The second-order valence-electron chi connectivity index (χ2n) is 7.30. The fraction of sp³-hybridized carbons (Fsp3) is 1.00. The highest BCUT2D eigenvalue weighted by atomic mass is 16.7. The van der Waals surface area contributed by atoms with Gasteiger partial charge in [-0.1, -0.05) is 20.8 Å². The summed E-state index contributed by atoms with van der Waals surface area (Å²) < 4.78 is 22.1. The fourth-order valence-corrected chi connectivity index (χ4v) is 3.03. The lowest BCUT2D eigenvalue weighted by molar-refractivity contribution is -0.226. The number of ether oxygens (including phenoxy) is 4. The van der Waals surface area contributed by atoms with E-state index in [9.17, 15) is 5.11 Å². The standard InChI is InChI=1S/C15H30O5/c1-14(2,3)9-15(4,5)20-13-11(16)12(18-7)10(19-13)8-17-6/h10-13,16H,8-9H2,1-7H3. The second kappa shape index (κ2) is 6.71. The smallest absolute Gasteiger partial charge is 0.187 e. The highest BCUT2D eigenvalue weighted by Crippen LogP contribution is 2.34. The SMILES string of the molecule is COCC1OC(OC(C)(C)CC(C)(C)C)C(O)C1OC. The molecule has 4 unspecified atom stereocenters. The van der Waals surface area contributed by atoms with Crippen LogP contribution >= 0.6 is 0 Å². The van der Waals surface area contributed by atoms with E-state index in [1.54, 1.807) is 14.2 Å². The van der Waals surface area contributed by atoms with Crippen molar-refractivity contribution in [2.75, 3.05) is 20.8 Å². The molecular weight excluding hydrogens is 260 g/mol. The van der Waals surface area contributed by atoms with Crippen molar-refractivity contribution in [3.8, 4) is 0 Å². The molecule has 0 spiro atoms. The van der Waals surface area contributed by atoms with E-state index in [1.165, 1.54) is 0 Å². The van der Waals surface area contributed by atoms with Crippen molar-refractivity contribution in [3.05, 3.63) is 0 Å². The van der Waals surface area contributed by atoms with Crippen molar-refractivity contribution in [1.82, 2.24) is 0 Å². The summed E-state index contributed by atoms with van der Waals surface area (Å²) in [5.41, 5.74) is -0.246. The van der Waals surface area contributed by atoms with Crippen molar-refractivity contribution < 1.29 is 24.1 Å². The van der Waals surface area contributed by atoms with Crippen LogP contribution in [-0.4, -0.2) is 56.1 Å². The van der Waals surface area contributed by atoms with E-state index >= 15 is 0 Å². The third-order valence-corrected chi connectivity index (χ3v) is 3.29. The van der Waals surface area contributed by atoms with E-state index in [-0.39, 0.29) is 17.1 Å². The largest absolute Gasteiger partial charge is 0.385 e. The molecule has 20 heavy (non-hydrogen) atoms. The number of aliphatic hydroxyl groups excluding tert-OH is 1. The van der Waals surface area contributed by atoms with Crippen LogP contribution in [0.3, 0.4) is 0 Å². The zero-order valence-electron chi connectivity index (χ0n) is 13.8. The highest BCUT2D eigenvalue weighted by Gasteiger charge is 2.46. The van der Waals surface area contributed by atoms with Gasteiger partial charge in [-0.2, -0.15) is 0 Å². The van der Waals surface area contributed by atoms with E-state index in [0.717, 1.165) is 6.42 Å². The van der Waals surface area contributed by atoms with E-state index in [1.807, 2.05) is 13.8 Å². The molecule has 0 saturated carbocycles. The first-order chi connectivity index (χ1) is 9.09. The van der Waals surface area contributed by atoms with Crippen molar-refractivity contribution in [2.24, 2.45) is 5.41 Å². The van der Waals surface area contributed by atoms with Gasteiger partial charge in [-0.3, -0.25) is 0 Å². The summed E-state index contributed by atoms with van der Waals surface area (Å²) in [5, 5.41) is 10.3. The average molecular weight is 290 g/mol. The maximum absolute atomic E-state index is 10.3. The quantitative estimate of drug-likeness (QED) is 0.810. The molecule has 0 aliphatic carbocycles. The Morgan fingerprint density at radius 1 is 1.10 bits per heavy atom. The Labute approximate surface area is 122 Å². The molecule has 1 fully saturated rings. The molecule has 1 N–H and O–H groups in total. The summed E-state index contributed by atoms with van der Waals surface area (Å²) in [6.45, 7) is 10.9. The number of rotatable bonds is 6. The Morgan fingerprint density at radius 2 is 1.70 bits per heavy atom. The molecule has 1 aliphatic rings. The number of aliphatic hydroxyl groups is 1. The summed E-state index contributed by atoms with van der Waals surface area (Å²) in [4.78, 5) is 0. The van der Waals surface area contributed by atoms with Gasteiger partial charge in [0.05, 0.1) is 12.2 Å². The predicted octanol–water partition coefficient (Wildman–Crippen LogP) is 1.96. The van der Waals surface area contributed by atoms with Crippen LogP contribution in [0.4, 0.5) is 0 Å². The molecule has 5 heteroatoms. The molecule has 1 saturated heterocycles. The van der Waals surface area contributed by atoms with Gasteiger partial charge in [0.2, 0.25) is 0 Å². The molecule has 0 amide bonds. The average Bonchev–Trinajstić information content (AvgIpc) is 2.51. The summed E-state index contributed by atoms with van der Waals surface area (Å²) >= 11 is 0. The minimum atomic E-state index is -0.806. The first kappa shape index (κ1) is 17.9. The van der Waals surface area contributed by atoms with Gasteiger partial charge in [-0.15, -0.1) is 0 Å². The van der Waals surface area contributed by atoms with Gasteiger partial charge in [0.25, 0.3) is 0 Å². The third-order valence-electron chi connectivity index (χ3n) is 3.29. The minimum absolute atomic E-state index is 0.139. The van der Waals surface area contributed by atoms with Crippen LogP contribution in [0.1, 0.15) is 41.0 Å². The molecule has 1 aliphatic heterocycles. The Kier molecular flexibility index (Phi) is 5.99. The van der Waals surface area contributed by atoms with E-state index in [0.29, 0.717) is 6.61 Å². The van der Waals surface area contributed by atoms with Gasteiger partial charge >= 0.3 is 0 Å². The summed E-state index contributed by atoms with van der Waals surface area (Å²) in [6, 6.07) is 0. The first-order valence-electron chi connectivity index (χ1n) is 7.13. The van der Waals surface area contributed by atoms with Gasteiger partial charge in [0, 0.05) is 14.2 Å². The fourth-order valence-electron chi connectivity index (χ4n) is 3.03. The van der Waals surface area contributed by atoms with Crippen LogP contribution in [0.5, 0.6) is 0 Å². The van der Waals surface area contributed by atoms with Crippen LogP contribution in [0, 0.1) is 5.41 Å². The first-order valence-corrected chi connectivity index (χ1v) is 7.13. The van der Waals surface area contributed by atoms with Crippen molar-refractivity contribution in [1.29, 1.82) is 0 Å². The van der Waals surface area contributed by atoms with Gasteiger partial charge in [-0.25, -0.2) is 0 Å². The van der Waals surface area contributed by atoms with Crippen molar-refractivity contribution >= 4 is 0 Å². The van der Waals surface area contributed by atoms with Crippen LogP contribution in [0.2, 0.25) is 0 Å². The predicted molar refractivity (Wildman–Crippen MR) is 76.6 cm³/mol. The molecule has 0 aromatic carbocycles. The second-order valence-corrected chi connectivity index (χ2v) is 7.30. The monoisotopic (exact) mass is 290 g/mol. The minimum Gasteiger partial charge on any atom is -0.385 e. The van der Waals surface area contributed by atoms with Gasteiger partial charge in [0.1, 0.15) is 18.3 Å². The van der Waals surface area contributed by atoms with Crippen molar-refractivity contribution in [2.45, 2.75) is 71.2 Å². The summed E-state index contributed by atoms with van der Waals surface area (Å²) in [6.07, 6.45) is -1.36. The Hall–Kier alpha value is -0.200. The molecular formula is C15H30O5.